The molecule has 2 aliphatic rings. The van der Waals surface area contributed by atoms with E-state index in [1.165, 1.54) is 11.3 Å². The van der Waals surface area contributed by atoms with Gasteiger partial charge in [-0.05, 0) is 44.1 Å². The molecule has 1 aromatic carbocycles. The SMILES string of the molecule is O=C1CCCC2=C1CC[C@H](CCc1ccccc1)N2. The number of hydrogen-bond acceptors (Lipinski definition) is 2. The highest BCUT2D eigenvalue weighted by Gasteiger charge is 2.26. The Morgan fingerprint density at radius 3 is 2.79 bits per heavy atom. The molecule has 0 aromatic heterocycles. The Morgan fingerprint density at radius 2 is 1.95 bits per heavy atom. The lowest BCUT2D eigenvalue weighted by molar-refractivity contribution is -0.116. The minimum Gasteiger partial charge on any atom is -0.385 e. The van der Waals surface area contributed by atoms with Gasteiger partial charge in [0.1, 0.15) is 0 Å². The van der Waals surface area contributed by atoms with E-state index >= 15 is 0 Å². The number of carbonyl (C=O) groups excluding carboxylic acids is 1. The summed E-state index contributed by atoms with van der Waals surface area (Å²) in [5.74, 6) is 0.384. The second-order valence-electron chi connectivity index (χ2n) is 5.64. The number of ketones is 1. The quantitative estimate of drug-likeness (QED) is 0.897. The molecule has 0 saturated carbocycles. The molecule has 3 rings (SSSR count). The second-order valence-corrected chi connectivity index (χ2v) is 5.64. The van der Waals surface area contributed by atoms with Crippen molar-refractivity contribution >= 4 is 5.78 Å². The van der Waals surface area contributed by atoms with Crippen LogP contribution in [0.5, 0.6) is 0 Å². The molecule has 0 fully saturated rings. The molecule has 1 atom stereocenters. The summed E-state index contributed by atoms with van der Waals surface area (Å²) < 4.78 is 0. The Kier molecular flexibility index (Phi) is 3.67. The summed E-state index contributed by atoms with van der Waals surface area (Å²) in [5, 5.41) is 3.61. The highest BCUT2D eigenvalue weighted by Crippen LogP contribution is 2.29. The molecule has 1 aliphatic heterocycles. The second kappa shape index (κ2) is 5.60. The first-order valence-corrected chi connectivity index (χ1v) is 7.38. The number of benzene rings is 1. The van der Waals surface area contributed by atoms with Gasteiger partial charge in [0, 0.05) is 23.7 Å². The van der Waals surface area contributed by atoms with Crippen LogP contribution >= 0.6 is 0 Å². The summed E-state index contributed by atoms with van der Waals surface area (Å²) in [7, 11) is 0. The van der Waals surface area contributed by atoms with Crippen molar-refractivity contribution in [3.8, 4) is 0 Å². The van der Waals surface area contributed by atoms with E-state index in [1.807, 2.05) is 0 Å². The molecular formula is C17H21NO. The van der Waals surface area contributed by atoms with Crippen LogP contribution in [0.4, 0.5) is 0 Å². The van der Waals surface area contributed by atoms with Crippen molar-refractivity contribution in [2.45, 2.75) is 51.0 Å². The van der Waals surface area contributed by atoms with E-state index in [0.717, 1.165) is 50.5 Å². The van der Waals surface area contributed by atoms with Crippen LogP contribution in [0, 0.1) is 0 Å². The van der Waals surface area contributed by atoms with E-state index in [4.69, 9.17) is 0 Å². The fraction of sp³-hybridized carbons (Fsp3) is 0.471. The molecule has 0 spiro atoms. The zero-order valence-electron chi connectivity index (χ0n) is 11.3. The van der Waals surface area contributed by atoms with Gasteiger partial charge in [-0.2, -0.15) is 0 Å². The van der Waals surface area contributed by atoms with Crippen molar-refractivity contribution in [2.75, 3.05) is 0 Å². The van der Waals surface area contributed by atoms with Gasteiger partial charge in [-0.1, -0.05) is 30.3 Å². The number of rotatable bonds is 3. The summed E-state index contributed by atoms with van der Waals surface area (Å²) in [4.78, 5) is 11.8. The molecule has 1 heterocycles. The fourth-order valence-corrected chi connectivity index (χ4v) is 3.18. The van der Waals surface area contributed by atoms with Gasteiger partial charge in [-0.3, -0.25) is 4.79 Å². The van der Waals surface area contributed by atoms with E-state index in [2.05, 4.69) is 35.6 Å². The Hall–Kier alpha value is -1.57. The lowest BCUT2D eigenvalue weighted by Crippen LogP contribution is -2.36. The summed E-state index contributed by atoms with van der Waals surface area (Å²) in [6.07, 6.45) is 7.23. The number of nitrogens with one attached hydrogen (secondary N) is 1. The fourth-order valence-electron chi connectivity index (χ4n) is 3.18. The molecule has 1 aromatic rings. The van der Waals surface area contributed by atoms with Gasteiger partial charge in [0.05, 0.1) is 0 Å². The van der Waals surface area contributed by atoms with Gasteiger partial charge in [0.25, 0.3) is 0 Å². The third-order valence-corrected chi connectivity index (χ3v) is 4.28. The average molecular weight is 255 g/mol. The van der Waals surface area contributed by atoms with E-state index in [9.17, 15) is 4.79 Å². The normalized spacial score (nSPS) is 22.9. The summed E-state index contributed by atoms with van der Waals surface area (Å²) in [5.41, 5.74) is 3.76. The average Bonchev–Trinajstić information content (AvgIpc) is 2.46. The Labute approximate surface area is 114 Å². The lowest BCUT2D eigenvalue weighted by atomic mass is 9.86. The minimum atomic E-state index is 0.384. The maximum Gasteiger partial charge on any atom is 0.160 e. The van der Waals surface area contributed by atoms with Gasteiger partial charge in [0.2, 0.25) is 0 Å². The number of allylic oxidation sites excluding steroid dienone is 2. The van der Waals surface area contributed by atoms with E-state index in [-0.39, 0.29) is 0 Å². The molecule has 0 radical (unpaired) electrons. The van der Waals surface area contributed by atoms with Crippen molar-refractivity contribution in [3.63, 3.8) is 0 Å². The molecule has 1 N–H and O–H groups in total. The van der Waals surface area contributed by atoms with E-state index in [0.29, 0.717) is 11.8 Å². The van der Waals surface area contributed by atoms with Crippen LogP contribution in [0.3, 0.4) is 0 Å². The number of hydrogen-bond donors (Lipinski definition) is 1. The third kappa shape index (κ3) is 2.89. The molecule has 0 saturated heterocycles. The standard InChI is InChI=1S/C17H21NO/c19-17-8-4-7-16-15(17)12-11-14(18-16)10-9-13-5-2-1-3-6-13/h1-3,5-6,14,18H,4,7-12H2/t14-/m0/s1. The number of carbonyl (C=O) groups is 1. The van der Waals surface area contributed by atoms with Gasteiger partial charge in [-0.25, -0.2) is 0 Å². The van der Waals surface area contributed by atoms with Crippen LogP contribution < -0.4 is 5.32 Å². The smallest absolute Gasteiger partial charge is 0.160 e. The predicted octanol–water partition coefficient (Wildman–Crippen LogP) is 3.38. The molecule has 0 bridgehead atoms. The third-order valence-electron chi connectivity index (χ3n) is 4.28. The van der Waals surface area contributed by atoms with Crippen LogP contribution in [-0.2, 0) is 11.2 Å². The molecule has 0 unspecified atom stereocenters. The van der Waals surface area contributed by atoms with Gasteiger partial charge in [-0.15, -0.1) is 0 Å². The van der Waals surface area contributed by atoms with E-state index < -0.39 is 0 Å². The van der Waals surface area contributed by atoms with Crippen molar-refractivity contribution in [3.05, 3.63) is 47.2 Å². The molecule has 2 nitrogen and oxygen atoms in total. The molecular weight excluding hydrogens is 234 g/mol. The lowest BCUT2D eigenvalue weighted by Gasteiger charge is -2.31. The highest BCUT2D eigenvalue weighted by atomic mass is 16.1. The van der Waals surface area contributed by atoms with Crippen LogP contribution in [0.1, 0.15) is 44.1 Å². The zero-order valence-corrected chi connectivity index (χ0v) is 11.3. The maximum absolute atomic E-state index is 11.8. The summed E-state index contributed by atoms with van der Waals surface area (Å²) >= 11 is 0. The first-order chi connectivity index (χ1) is 9.33. The van der Waals surface area contributed by atoms with Crippen molar-refractivity contribution in [2.24, 2.45) is 0 Å². The van der Waals surface area contributed by atoms with Crippen molar-refractivity contribution in [1.82, 2.24) is 5.32 Å². The largest absolute Gasteiger partial charge is 0.385 e. The zero-order chi connectivity index (χ0) is 13.1. The Morgan fingerprint density at radius 1 is 1.11 bits per heavy atom. The number of aryl methyl sites for hydroxylation is 1. The predicted molar refractivity (Wildman–Crippen MR) is 76.8 cm³/mol. The van der Waals surface area contributed by atoms with Gasteiger partial charge >= 0.3 is 0 Å². The Bertz CT molecular complexity index is 489. The van der Waals surface area contributed by atoms with Crippen molar-refractivity contribution < 1.29 is 4.79 Å². The van der Waals surface area contributed by atoms with Crippen LogP contribution in [0.2, 0.25) is 0 Å². The Balaban J connectivity index is 1.59. The molecule has 2 heteroatoms. The highest BCUT2D eigenvalue weighted by molar-refractivity contribution is 5.96. The molecule has 19 heavy (non-hydrogen) atoms. The monoisotopic (exact) mass is 255 g/mol. The van der Waals surface area contributed by atoms with Gasteiger partial charge in [0.15, 0.2) is 5.78 Å². The van der Waals surface area contributed by atoms with Crippen LogP contribution in [0.15, 0.2) is 41.6 Å². The molecule has 0 amide bonds. The van der Waals surface area contributed by atoms with Crippen LogP contribution in [0.25, 0.3) is 0 Å². The first kappa shape index (κ1) is 12.5. The van der Waals surface area contributed by atoms with Crippen LogP contribution in [-0.4, -0.2) is 11.8 Å². The van der Waals surface area contributed by atoms with Crippen molar-refractivity contribution in [1.29, 1.82) is 0 Å². The topological polar surface area (TPSA) is 29.1 Å². The minimum absolute atomic E-state index is 0.384. The van der Waals surface area contributed by atoms with E-state index in [1.54, 1.807) is 0 Å². The molecule has 1 aliphatic carbocycles. The molecule has 100 valence electrons. The maximum atomic E-state index is 11.8. The number of Topliss-reactive ketones (excluding diaryl/α,β-unsaturated/α-hetero) is 1. The first-order valence-electron chi connectivity index (χ1n) is 7.38. The summed E-state index contributed by atoms with van der Waals surface area (Å²) in [6.45, 7) is 0. The van der Waals surface area contributed by atoms with Gasteiger partial charge < -0.3 is 5.32 Å². The summed E-state index contributed by atoms with van der Waals surface area (Å²) in [6, 6.07) is 11.2.